The van der Waals surface area contributed by atoms with Gasteiger partial charge < -0.3 is 65.9 Å². The molecule has 3 fully saturated rings. The molecule has 11 N–H and O–H groups in total. The Labute approximate surface area is 353 Å². The minimum atomic E-state index is -2.35. The molecule has 11 atom stereocenters. The predicted octanol–water partition coefficient (Wildman–Crippen LogP) is 0.786. The van der Waals surface area contributed by atoms with Crippen LogP contribution in [0.2, 0.25) is 0 Å². The number of alkyl carbamates (subject to hydrolysis) is 1. The summed E-state index contributed by atoms with van der Waals surface area (Å²) in [6, 6.07) is 14.6. The third-order valence-corrected chi connectivity index (χ3v) is 12.6. The quantitative estimate of drug-likeness (QED) is 0.139. The summed E-state index contributed by atoms with van der Waals surface area (Å²) in [5, 5.41) is 51.6. The van der Waals surface area contributed by atoms with Gasteiger partial charge >= 0.3 is 24.0 Å². The van der Waals surface area contributed by atoms with Crippen molar-refractivity contribution in [3.05, 3.63) is 82.9 Å². The molecule has 0 radical (unpaired) electrons. The van der Waals surface area contributed by atoms with Gasteiger partial charge in [-0.15, -0.1) is 0 Å². The number of fused-ring (bicyclic) bond motifs is 5. The van der Waals surface area contributed by atoms with Gasteiger partial charge in [-0.2, -0.15) is 0 Å². The molecule has 0 aromatic heterocycles. The highest BCUT2D eigenvalue weighted by atomic mass is 16.6. The first-order valence-corrected chi connectivity index (χ1v) is 19.3. The summed E-state index contributed by atoms with van der Waals surface area (Å²) >= 11 is 0. The molecule has 3 aliphatic carbocycles. The van der Waals surface area contributed by atoms with Crippen LogP contribution in [0.15, 0.2) is 71.8 Å². The molecular weight excluding hydrogens is 802 g/mol. The number of ether oxygens (including phenoxy) is 5. The molecule has 1 aliphatic heterocycles. The Balaban J connectivity index is 0.00000331. The van der Waals surface area contributed by atoms with E-state index in [-0.39, 0.29) is 46.2 Å². The number of ketones is 1. The van der Waals surface area contributed by atoms with Gasteiger partial charge in [0.15, 0.2) is 17.5 Å². The number of hydrogen-bond donors (Lipinski definition) is 5. The molecule has 2 saturated carbocycles. The lowest BCUT2D eigenvalue weighted by molar-refractivity contribution is -0.346. The molecule has 4 aliphatic rings. The molecule has 61 heavy (non-hydrogen) atoms. The topological polar surface area (TPSA) is 319 Å². The first kappa shape index (κ1) is 50.6. The Kier molecular flexibility index (Phi) is 14.8. The van der Waals surface area contributed by atoms with Crippen molar-refractivity contribution in [2.75, 3.05) is 6.61 Å². The smallest absolute Gasteiger partial charge is 0.408 e. The van der Waals surface area contributed by atoms with Crippen LogP contribution in [-0.2, 0) is 38.1 Å². The van der Waals surface area contributed by atoms with Crippen molar-refractivity contribution in [2.24, 2.45) is 16.7 Å². The van der Waals surface area contributed by atoms with Gasteiger partial charge in [0.2, 0.25) is 0 Å². The van der Waals surface area contributed by atoms with E-state index in [1.807, 2.05) is 0 Å². The van der Waals surface area contributed by atoms with E-state index in [1.54, 1.807) is 83.1 Å². The molecule has 1 heterocycles. The molecule has 1 amide bonds. The molecule has 2 unspecified atom stereocenters. The first-order valence-electron chi connectivity index (χ1n) is 19.3. The highest BCUT2D eigenvalue weighted by Crippen LogP contribution is 2.64. The van der Waals surface area contributed by atoms with Crippen LogP contribution in [0.1, 0.15) is 90.2 Å². The SMILES string of the molecule is CC(=O)O[C@@]12CO[C@@H]1C[C@H](O)[C@@]1(C)C(=O)[C@H](O)C3=C(C)[C@@H](OC(=O)C(O)C(NC(=O)OC(C)(C)C)c4ccccc4)C[C@@](O)([C@@H](OC(=O)c4ccccc4)[C@H]21)C3(C)C.O.O.O. The highest BCUT2D eigenvalue weighted by Gasteiger charge is 2.78. The van der Waals surface area contributed by atoms with Gasteiger partial charge in [0.1, 0.15) is 35.6 Å². The number of rotatable bonds is 8. The highest BCUT2D eigenvalue weighted by molar-refractivity contribution is 5.94. The largest absolute Gasteiger partial charge is 0.456 e. The average molecular weight is 862 g/mol. The van der Waals surface area contributed by atoms with Gasteiger partial charge in [0.05, 0.1) is 35.6 Å². The third kappa shape index (κ3) is 8.55. The van der Waals surface area contributed by atoms with E-state index < -0.39 is 112 Å². The minimum Gasteiger partial charge on any atom is -0.456 e. The molecule has 6 rings (SSSR count). The number of amides is 1. The van der Waals surface area contributed by atoms with Crippen molar-refractivity contribution in [3.8, 4) is 0 Å². The van der Waals surface area contributed by atoms with E-state index in [1.165, 1.54) is 26.0 Å². The lowest BCUT2D eigenvalue weighted by atomic mass is 9.44. The van der Waals surface area contributed by atoms with Crippen molar-refractivity contribution in [3.63, 3.8) is 0 Å². The van der Waals surface area contributed by atoms with Crippen LogP contribution >= 0.6 is 0 Å². The number of carbonyl (C=O) groups excluding carboxylic acids is 5. The zero-order chi connectivity index (χ0) is 42.7. The van der Waals surface area contributed by atoms with Gasteiger partial charge in [-0.1, -0.05) is 62.4 Å². The molecule has 1 saturated heterocycles. The van der Waals surface area contributed by atoms with E-state index in [4.69, 9.17) is 23.7 Å². The fourth-order valence-electron chi connectivity index (χ4n) is 9.56. The summed E-state index contributed by atoms with van der Waals surface area (Å²) in [4.78, 5) is 68.9. The number of benzene rings is 2. The standard InChI is InChI=1S/C43H53NO14.3H2O/c1-22-26(55-37(51)32(48)30(24-15-11-9-12-16-24)44-38(52)58-39(3,4)5)20-43(53)35(56-36(50)25-17-13-10-14-18-25)33-41(8,34(49)31(47)29(22)40(43,6)7)27(46)19-28-42(33,21-54-28)57-23(2)45;;;/h9-18,26-28,30-33,35,46-48,53H,19-21H2,1-8H3,(H,44,52);3*1H2/t26-,27-,28+,30?,31+,32?,33-,35-,41+,42-,43+;;;/m0.../s1. The zero-order valence-corrected chi connectivity index (χ0v) is 35.4. The van der Waals surface area contributed by atoms with Crippen LogP contribution in [0.25, 0.3) is 0 Å². The van der Waals surface area contributed by atoms with E-state index in [2.05, 4.69) is 5.32 Å². The Bertz CT molecular complexity index is 1980. The van der Waals surface area contributed by atoms with Crippen molar-refractivity contribution in [1.82, 2.24) is 5.32 Å². The minimum absolute atomic E-state index is 0. The van der Waals surface area contributed by atoms with Crippen molar-refractivity contribution in [1.29, 1.82) is 0 Å². The number of aliphatic hydroxyl groups is 4. The molecule has 0 spiro atoms. The second-order valence-electron chi connectivity index (χ2n) is 17.6. The van der Waals surface area contributed by atoms with Gasteiger partial charge in [-0.05, 0) is 63.5 Å². The van der Waals surface area contributed by atoms with Crippen LogP contribution in [0.5, 0.6) is 0 Å². The number of Topliss-reactive ketones (excluding diaryl/α,β-unsaturated/α-hetero) is 1. The third-order valence-electron chi connectivity index (χ3n) is 12.6. The fourth-order valence-corrected chi connectivity index (χ4v) is 9.56. The van der Waals surface area contributed by atoms with Crippen molar-refractivity contribution < 1.29 is 84.5 Å². The Hall–Kier alpha value is -4.79. The van der Waals surface area contributed by atoms with Crippen LogP contribution in [0.4, 0.5) is 4.79 Å². The van der Waals surface area contributed by atoms with E-state index in [0.29, 0.717) is 5.56 Å². The van der Waals surface area contributed by atoms with Crippen molar-refractivity contribution in [2.45, 2.75) is 128 Å². The summed E-state index contributed by atoms with van der Waals surface area (Å²) in [6.45, 7) is 11.8. The number of esters is 3. The van der Waals surface area contributed by atoms with E-state index in [0.717, 1.165) is 6.92 Å². The second kappa shape index (κ2) is 17.9. The molecule has 2 bridgehead atoms. The van der Waals surface area contributed by atoms with Crippen LogP contribution in [-0.4, -0.2) is 127 Å². The van der Waals surface area contributed by atoms with Gasteiger partial charge in [-0.25, -0.2) is 14.4 Å². The van der Waals surface area contributed by atoms with E-state index in [9.17, 15) is 44.4 Å². The van der Waals surface area contributed by atoms with Crippen LogP contribution in [0, 0.1) is 16.7 Å². The lowest BCUT2D eigenvalue weighted by Crippen LogP contribution is -2.81. The normalized spacial score (nSPS) is 32.0. The maximum Gasteiger partial charge on any atom is 0.408 e. The maximum atomic E-state index is 14.9. The van der Waals surface area contributed by atoms with Gasteiger partial charge in [0.25, 0.3) is 0 Å². The van der Waals surface area contributed by atoms with Gasteiger partial charge in [0, 0.05) is 25.2 Å². The summed E-state index contributed by atoms with van der Waals surface area (Å²) in [5.74, 6) is -5.36. The van der Waals surface area contributed by atoms with Gasteiger partial charge in [-0.3, -0.25) is 9.59 Å². The number of nitrogens with one attached hydrogen (secondary N) is 1. The molecule has 2 aromatic rings. The average Bonchev–Trinajstić information content (AvgIpc) is 3.14. The van der Waals surface area contributed by atoms with E-state index >= 15 is 0 Å². The molecule has 2 aromatic carbocycles. The first-order chi connectivity index (χ1) is 27.0. The number of carbonyl (C=O) groups is 5. The van der Waals surface area contributed by atoms with Crippen LogP contribution in [0.3, 0.4) is 0 Å². The number of hydrogen-bond acceptors (Lipinski definition) is 14. The second-order valence-corrected chi connectivity index (χ2v) is 17.6. The Morgan fingerprint density at radius 2 is 1.49 bits per heavy atom. The summed E-state index contributed by atoms with van der Waals surface area (Å²) in [6.07, 6.45) is -11.5. The number of aliphatic hydroxyl groups excluding tert-OH is 3. The molecular formula is C43H59NO17. The fraction of sp³-hybridized carbons (Fsp3) is 0.558. The molecule has 338 valence electrons. The summed E-state index contributed by atoms with van der Waals surface area (Å²) in [7, 11) is 0. The maximum absolute atomic E-state index is 14.9. The monoisotopic (exact) mass is 861 g/mol. The summed E-state index contributed by atoms with van der Waals surface area (Å²) < 4.78 is 29.5. The van der Waals surface area contributed by atoms with Crippen molar-refractivity contribution >= 4 is 29.8 Å². The Morgan fingerprint density at radius 3 is 2.02 bits per heavy atom. The lowest BCUT2D eigenvalue weighted by Gasteiger charge is -2.67. The Morgan fingerprint density at radius 1 is 0.918 bits per heavy atom. The molecule has 18 heteroatoms. The van der Waals surface area contributed by atoms with Crippen LogP contribution < -0.4 is 5.32 Å². The predicted molar refractivity (Wildman–Crippen MR) is 214 cm³/mol. The summed E-state index contributed by atoms with van der Waals surface area (Å²) in [5.41, 5.74) is -8.14. The zero-order valence-electron chi connectivity index (χ0n) is 35.4. The molecule has 18 nitrogen and oxygen atoms in total.